The van der Waals surface area contributed by atoms with E-state index < -0.39 is 71.6 Å². The van der Waals surface area contributed by atoms with Gasteiger partial charge in [0.1, 0.15) is 29.6 Å². The Morgan fingerprint density at radius 3 is 2.46 bits per heavy atom. The zero-order chi connectivity index (χ0) is 38.8. The van der Waals surface area contributed by atoms with Crippen LogP contribution in [0.3, 0.4) is 0 Å². The largest absolute Gasteiger partial charge is 0.360 e. The van der Waals surface area contributed by atoms with Crippen LogP contribution in [-0.4, -0.2) is 41.7 Å². The number of aryl methyl sites for hydroxylation is 1. The second kappa shape index (κ2) is 14.2. The number of pyridine rings is 1. The first-order chi connectivity index (χ1) is 25.8. The van der Waals surface area contributed by atoms with E-state index in [9.17, 15) is 22.4 Å². The minimum absolute atomic E-state index is 0.165. The first-order valence-corrected chi connectivity index (χ1v) is 18.8. The zero-order valence-electron chi connectivity index (χ0n) is 29.6. The van der Waals surface area contributed by atoms with Gasteiger partial charge in [-0.15, -0.1) is 0 Å². The molecule has 54 heavy (non-hydrogen) atoms. The number of aromatic nitrogens is 6. The van der Waals surface area contributed by atoms with Gasteiger partial charge < -0.3 is 15.0 Å². The lowest BCUT2D eigenvalue weighted by Gasteiger charge is -2.23. The highest BCUT2D eigenvalue weighted by atomic mass is 35.5. The van der Waals surface area contributed by atoms with E-state index in [1.54, 1.807) is 43.0 Å². The highest BCUT2D eigenvalue weighted by Crippen LogP contribution is 2.71. The molecule has 9 nitrogen and oxygen atoms in total. The average Bonchev–Trinajstić information content (AvgIpc) is 3.49. The zero-order valence-corrected chi connectivity index (χ0v) is 31.2. The normalized spacial score (nSPS) is 18.7. The lowest BCUT2D eigenvalue weighted by molar-refractivity contribution is -0.123. The number of nitrogens with zero attached hydrogens (tertiary/aromatic N) is 5. The van der Waals surface area contributed by atoms with Crippen molar-refractivity contribution in [1.29, 1.82) is 0 Å². The molecule has 3 N–H and O–H groups in total. The van der Waals surface area contributed by atoms with Crippen LogP contribution >= 0.6 is 23.5 Å². The van der Waals surface area contributed by atoms with Crippen LogP contribution in [0.25, 0.3) is 33.1 Å². The number of benzene rings is 2. The van der Waals surface area contributed by atoms with Crippen molar-refractivity contribution in [1.82, 2.24) is 34.8 Å². The van der Waals surface area contributed by atoms with E-state index in [1.165, 1.54) is 11.9 Å². The van der Waals surface area contributed by atoms with Gasteiger partial charge in [-0.05, 0) is 48.2 Å². The van der Waals surface area contributed by atoms with E-state index in [-0.39, 0.29) is 23.2 Å². The summed E-state index contributed by atoms with van der Waals surface area (Å²) in [5.74, 6) is -7.91. The molecule has 4 aromatic heterocycles. The third-order valence-corrected chi connectivity index (χ3v) is 10.7. The van der Waals surface area contributed by atoms with Crippen molar-refractivity contribution in [3.8, 4) is 11.1 Å². The fourth-order valence-corrected chi connectivity index (χ4v) is 8.44. The van der Waals surface area contributed by atoms with Crippen LogP contribution in [0.5, 0.6) is 0 Å². The number of nitrogens with one attached hydrogen (secondary N) is 3. The predicted octanol–water partition coefficient (Wildman–Crippen LogP) is 9.45. The van der Waals surface area contributed by atoms with Crippen molar-refractivity contribution in [2.75, 3.05) is 11.0 Å². The molecule has 17 heteroatoms. The first kappa shape index (κ1) is 37.6. The van der Waals surface area contributed by atoms with E-state index in [4.69, 9.17) is 16.6 Å². The molecule has 4 atom stereocenters. The van der Waals surface area contributed by atoms with Gasteiger partial charge in [-0.2, -0.15) is 19.0 Å². The van der Waals surface area contributed by atoms with Gasteiger partial charge in [-0.1, -0.05) is 50.4 Å². The van der Waals surface area contributed by atoms with Crippen LogP contribution in [-0.2, 0) is 30.7 Å². The molecular weight excluding hydrogens is 754 g/mol. The summed E-state index contributed by atoms with van der Waals surface area (Å²) in [4.78, 5) is 21.9. The number of anilines is 1. The quantitative estimate of drug-likeness (QED) is 0.0944. The Hall–Kier alpha value is -4.70. The number of halogens is 7. The standard InChI is InChI=1S/C35H29ClF6N8OS.C2H6/c1-14-25-27-30(33(39)40)46-50(32(27)35(41,42)28(14)25)13-24(51)44-23(10-15-8-16(37)11-17(38)9-15)29-19(12-22-21(45-29)6-7-43-22)18-4-5-20(36)26-31(18)49(2)47-34(26)48-52-3;1-2/h4-9,11-12,14,23,25,28,33,43H,10,13H2,1-3H3,(H,44,51)(H,47,48);1-2H3. The number of H-pyrrole nitrogens is 1. The van der Waals surface area contributed by atoms with Gasteiger partial charge in [0, 0.05) is 54.1 Å². The summed E-state index contributed by atoms with van der Waals surface area (Å²) < 4.78 is 93.6. The highest BCUT2D eigenvalue weighted by molar-refractivity contribution is 7.99. The molecule has 0 bridgehead atoms. The number of amides is 1. The lowest BCUT2D eigenvalue weighted by Crippen LogP contribution is -2.35. The Kier molecular flexibility index (Phi) is 9.88. The monoisotopic (exact) mass is 788 g/mol. The van der Waals surface area contributed by atoms with Gasteiger partial charge in [0.05, 0.1) is 38.7 Å². The van der Waals surface area contributed by atoms with Crippen molar-refractivity contribution < 1.29 is 31.1 Å². The molecule has 8 rings (SSSR count). The summed E-state index contributed by atoms with van der Waals surface area (Å²) in [6.45, 7) is 4.77. The van der Waals surface area contributed by atoms with Gasteiger partial charge in [0.25, 0.3) is 12.3 Å². The maximum absolute atomic E-state index is 15.6. The third-order valence-electron chi connectivity index (χ3n) is 9.98. The topological polar surface area (TPSA) is 105 Å². The summed E-state index contributed by atoms with van der Waals surface area (Å²) in [6.07, 6.45) is 0.200. The van der Waals surface area contributed by atoms with E-state index in [0.717, 1.165) is 12.1 Å². The molecule has 6 aromatic rings. The van der Waals surface area contributed by atoms with Crippen LogP contribution in [0.2, 0.25) is 5.02 Å². The van der Waals surface area contributed by atoms with Crippen LogP contribution in [0.15, 0.2) is 48.7 Å². The van der Waals surface area contributed by atoms with Gasteiger partial charge in [0.15, 0.2) is 5.82 Å². The molecule has 0 aliphatic heterocycles. The minimum Gasteiger partial charge on any atom is -0.360 e. The molecule has 2 aliphatic rings. The van der Waals surface area contributed by atoms with Crippen molar-refractivity contribution in [3.05, 3.63) is 93.5 Å². The number of alkyl halides is 4. The smallest absolute Gasteiger partial charge is 0.293 e. The Morgan fingerprint density at radius 1 is 1.06 bits per heavy atom. The molecule has 4 unspecified atom stereocenters. The summed E-state index contributed by atoms with van der Waals surface area (Å²) in [6, 6.07) is 8.79. The molecule has 2 aliphatic carbocycles. The number of carbonyl (C=O) groups is 1. The highest BCUT2D eigenvalue weighted by Gasteiger charge is 2.71. The molecule has 0 radical (unpaired) electrons. The van der Waals surface area contributed by atoms with Gasteiger partial charge in [-0.25, -0.2) is 22.5 Å². The van der Waals surface area contributed by atoms with Gasteiger partial charge >= 0.3 is 0 Å². The number of hydrogen-bond donors (Lipinski definition) is 3. The molecule has 4 heterocycles. The summed E-state index contributed by atoms with van der Waals surface area (Å²) in [7, 11) is 1.74. The van der Waals surface area contributed by atoms with Crippen molar-refractivity contribution >= 4 is 57.2 Å². The predicted molar refractivity (Wildman–Crippen MR) is 197 cm³/mol. The Balaban J connectivity index is 0.00000221. The lowest BCUT2D eigenvalue weighted by atomic mass is 9.93. The fourth-order valence-electron chi connectivity index (χ4n) is 7.87. The second-order valence-corrected chi connectivity index (χ2v) is 14.2. The molecule has 1 fully saturated rings. The van der Waals surface area contributed by atoms with Crippen molar-refractivity contribution in [3.63, 3.8) is 0 Å². The molecule has 1 amide bonds. The van der Waals surface area contributed by atoms with Crippen LogP contribution in [0.1, 0.15) is 67.4 Å². The first-order valence-electron chi connectivity index (χ1n) is 17.2. The number of hydrogen-bond acceptors (Lipinski definition) is 6. The van der Waals surface area contributed by atoms with E-state index in [2.05, 4.69) is 25.2 Å². The SMILES string of the molecule is CC.CSNc1nn(C)c2c(-c3cc4[nH]ccc4nc3C(Cc3cc(F)cc(F)c3)NC(=O)Cn3nc(C(F)F)c4c3C(F)(F)C3C(C)C43)ccc(Cl)c12. The molecular formula is C37H35ClF6N8OS. The van der Waals surface area contributed by atoms with E-state index in [0.29, 0.717) is 54.7 Å². The van der Waals surface area contributed by atoms with Gasteiger partial charge in [-0.3, -0.25) is 14.2 Å². The second-order valence-electron chi connectivity index (χ2n) is 13.2. The Labute approximate surface area is 315 Å². The minimum atomic E-state index is -3.46. The fraction of sp³-hybridized carbons (Fsp3) is 0.351. The molecule has 0 spiro atoms. The maximum Gasteiger partial charge on any atom is 0.293 e. The van der Waals surface area contributed by atoms with Crippen LogP contribution in [0, 0.1) is 23.5 Å². The molecule has 0 saturated heterocycles. The van der Waals surface area contributed by atoms with E-state index in [1.807, 2.05) is 26.2 Å². The number of fused-ring (bicyclic) bond motifs is 5. The molecule has 284 valence electrons. The Morgan fingerprint density at radius 2 is 1.78 bits per heavy atom. The number of aromatic amines is 1. The number of rotatable bonds is 10. The van der Waals surface area contributed by atoms with E-state index >= 15 is 8.78 Å². The van der Waals surface area contributed by atoms with Crippen molar-refractivity contribution in [2.24, 2.45) is 18.9 Å². The molecule has 2 aromatic carbocycles. The molecule has 1 saturated carbocycles. The summed E-state index contributed by atoms with van der Waals surface area (Å²) in [5, 5.41) is 12.2. The Bertz CT molecular complexity index is 2390. The summed E-state index contributed by atoms with van der Waals surface area (Å²) >= 11 is 8.00. The van der Waals surface area contributed by atoms with Crippen molar-refractivity contribution in [2.45, 2.75) is 58.0 Å². The van der Waals surface area contributed by atoms with Crippen LogP contribution < -0.4 is 10.0 Å². The van der Waals surface area contributed by atoms with Gasteiger partial charge in [0.2, 0.25) is 5.91 Å². The van der Waals surface area contributed by atoms with Crippen LogP contribution in [0.4, 0.5) is 32.2 Å². The maximum atomic E-state index is 15.6. The average molecular weight is 789 g/mol. The number of carbonyl (C=O) groups excluding carboxylic acids is 1. The third kappa shape index (κ3) is 6.26. The summed E-state index contributed by atoms with van der Waals surface area (Å²) in [5.41, 5.74) is 1.65.